The van der Waals surface area contributed by atoms with Gasteiger partial charge in [-0.2, -0.15) is 0 Å². The summed E-state index contributed by atoms with van der Waals surface area (Å²) in [5, 5.41) is 3.71. The number of nitrogens with one attached hydrogen (secondary N) is 1. The number of hydrogen-bond acceptors (Lipinski definition) is 5. The molecule has 0 saturated carbocycles. The Balaban J connectivity index is 0.000000970. The van der Waals surface area contributed by atoms with Crippen molar-refractivity contribution >= 4 is 22.8 Å². The SMILES string of the molecule is CC.CC(=O)NC1CCN(C(=O)c2ccc3c(-c4ccccc4C)cc(=O)oc3c2)CC1.CN. The maximum atomic E-state index is 13.0. The summed E-state index contributed by atoms with van der Waals surface area (Å²) in [5.41, 5.74) is 7.78. The van der Waals surface area contributed by atoms with Crippen molar-refractivity contribution in [3.63, 3.8) is 0 Å². The minimum atomic E-state index is -0.443. The lowest BCUT2D eigenvalue weighted by molar-refractivity contribution is -0.119. The molecule has 0 aliphatic carbocycles. The summed E-state index contributed by atoms with van der Waals surface area (Å²) < 4.78 is 5.43. The van der Waals surface area contributed by atoms with Gasteiger partial charge in [-0.1, -0.05) is 38.1 Å². The fourth-order valence-corrected chi connectivity index (χ4v) is 4.09. The van der Waals surface area contributed by atoms with Crippen LogP contribution in [0.15, 0.2) is 57.7 Å². The number of benzene rings is 2. The topological polar surface area (TPSA) is 106 Å². The molecule has 182 valence electrons. The number of amides is 2. The van der Waals surface area contributed by atoms with Crippen LogP contribution in [0.1, 0.15) is 49.5 Å². The smallest absolute Gasteiger partial charge is 0.336 e. The highest BCUT2D eigenvalue weighted by molar-refractivity contribution is 6.01. The summed E-state index contributed by atoms with van der Waals surface area (Å²) in [4.78, 5) is 38.2. The number of carbonyl (C=O) groups excluding carboxylic acids is 2. The Hall–Kier alpha value is -3.45. The molecule has 2 aromatic carbocycles. The van der Waals surface area contributed by atoms with E-state index in [0.29, 0.717) is 24.2 Å². The molecular weight excluding hydrogens is 430 g/mol. The van der Waals surface area contributed by atoms with Crippen LogP contribution < -0.4 is 16.7 Å². The molecule has 0 unspecified atom stereocenters. The number of carbonyl (C=O) groups is 2. The Kier molecular flexibility index (Phi) is 10.0. The Labute approximate surface area is 200 Å². The molecule has 1 fully saturated rings. The molecule has 1 aliphatic heterocycles. The van der Waals surface area contributed by atoms with E-state index in [9.17, 15) is 14.4 Å². The third kappa shape index (κ3) is 6.32. The third-order valence-electron chi connectivity index (χ3n) is 5.62. The lowest BCUT2D eigenvalue weighted by Crippen LogP contribution is -2.46. The molecule has 3 aromatic rings. The minimum Gasteiger partial charge on any atom is -0.423 e. The van der Waals surface area contributed by atoms with Crippen LogP contribution in [0, 0.1) is 6.92 Å². The van der Waals surface area contributed by atoms with Crippen LogP contribution >= 0.6 is 0 Å². The lowest BCUT2D eigenvalue weighted by atomic mass is 9.97. The van der Waals surface area contributed by atoms with Crippen LogP contribution in [0.2, 0.25) is 0 Å². The van der Waals surface area contributed by atoms with E-state index < -0.39 is 5.63 Å². The van der Waals surface area contributed by atoms with Gasteiger partial charge in [0.2, 0.25) is 5.91 Å². The fraction of sp³-hybridized carbons (Fsp3) is 0.370. The van der Waals surface area contributed by atoms with Crippen molar-refractivity contribution in [1.82, 2.24) is 10.2 Å². The highest BCUT2D eigenvalue weighted by atomic mass is 16.4. The normalized spacial score (nSPS) is 13.3. The van der Waals surface area contributed by atoms with Crippen molar-refractivity contribution in [1.29, 1.82) is 0 Å². The Morgan fingerprint density at radius 1 is 1.00 bits per heavy atom. The Morgan fingerprint density at radius 3 is 2.26 bits per heavy atom. The maximum Gasteiger partial charge on any atom is 0.336 e. The average molecular weight is 466 g/mol. The van der Waals surface area contributed by atoms with Gasteiger partial charge in [-0.15, -0.1) is 0 Å². The first-order valence-electron chi connectivity index (χ1n) is 11.7. The quantitative estimate of drug-likeness (QED) is 0.566. The first-order valence-corrected chi connectivity index (χ1v) is 11.7. The maximum absolute atomic E-state index is 13.0. The molecule has 4 rings (SSSR count). The van der Waals surface area contributed by atoms with E-state index in [0.717, 1.165) is 34.9 Å². The average Bonchev–Trinajstić information content (AvgIpc) is 2.85. The molecule has 0 radical (unpaired) electrons. The van der Waals surface area contributed by atoms with E-state index in [2.05, 4.69) is 11.1 Å². The first kappa shape index (κ1) is 26.8. The minimum absolute atomic E-state index is 0.0474. The molecule has 1 saturated heterocycles. The van der Waals surface area contributed by atoms with E-state index in [-0.39, 0.29) is 17.9 Å². The second-order valence-corrected chi connectivity index (χ2v) is 7.77. The van der Waals surface area contributed by atoms with Crippen molar-refractivity contribution in [2.24, 2.45) is 5.73 Å². The second kappa shape index (κ2) is 12.7. The zero-order valence-electron chi connectivity index (χ0n) is 20.7. The van der Waals surface area contributed by atoms with Crippen LogP contribution in [0.4, 0.5) is 0 Å². The van der Waals surface area contributed by atoms with Crippen molar-refractivity contribution in [2.45, 2.75) is 46.6 Å². The number of hydrogen-bond donors (Lipinski definition) is 2. The van der Waals surface area contributed by atoms with E-state index >= 15 is 0 Å². The highest BCUT2D eigenvalue weighted by Gasteiger charge is 2.24. The Bertz CT molecular complexity index is 1180. The summed E-state index contributed by atoms with van der Waals surface area (Å²) >= 11 is 0. The molecule has 1 aromatic heterocycles. The third-order valence-corrected chi connectivity index (χ3v) is 5.62. The van der Waals surface area contributed by atoms with Gasteiger partial charge in [-0.3, -0.25) is 9.59 Å². The first-order chi connectivity index (χ1) is 16.4. The number of nitrogens with two attached hydrogens (primary N) is 1. The summed E-state index contributed by atoms with van der Waals surface area (Å²) in [6, 6.07) is 14.8. The van der Waals surface area contributed by atoms with Crippen molar-refractivity contribution < 1.29 is 14.0 Å². The standard InChI is InChI=1S/C24H24N2O4.C2H6.CH5N/c1-15-5-3-4-6-19(15)21-14-23(28)30-22-13-17(7-8-20(21)22)24(29)26-11-9-18(10-12-26)25-16(2)27;2*1-2/h3-8,13-14,18H,9-12H2,1-2H3,(H,25,27);1-2H3;2H2,1H3. The van der Waals surface area contributed by atoms with Crippen molar-refractivity contribution in [3.05, 3.63) is 70.1 Å². The van der Waals surface area contributed by atoms with E-state index in [1.54, 1.807) is 17.0 Å². The highest BCUT2D eigenvalue weighted by Crippen LogP contribution is 2.30. The summed E-state index contributed by atoms with van der Waals surface area (Å²) in [6.45, 7) is 8.66. The van der Waals surface area contributed by atoms with Gasteiger partial charge >= 0.3 is 5.63 Å². The molecule has 7 nitrogen and oxygen atoms in total. The largest absolute Gasteiger partial charge is 0.423 e. The number of fused-ring (bicyclic) bond motifs is 1. The predicted octanol–water partition coefficient (Wildman–Crippen LogP) is 4.11. The zero-order valence-corrected chi connectivity index (χ0v) is 20.7. The van der Waals surface area contributed by atoms with Gasteiger partial charge < -0.3 is 20.4 Å². The van der Waals surface area contributed by atoms with Crippen LogP contribution in [0.3, 0.4) is 0 Å². The number of aryl methyl sites for hydroxylation is 1. The van der Waals surface area contributed by atoms with E-state index in [1.807, 2.05) is 51.1 Å². The molecule has 0 spiro atoms. The van der Waals surface area contributed by atoms with Gasteiger partial charge in [0.15, 0.2) is 0 Å². The Morgan fingerprint density at radius 2 is 1.65 bits per heavy atom. The summed E-state index contributed by atoms with van der Waals surface area (Å²) in [6.07, 6.45) is 1.46. The molecule has 1 aliphatic rings. The molecule has 2 amide bonds. The second-order valence-electron chi connectivity index (χ2n) is 7.77. The van der Waals surface area contributed by atoms with Crippen LogP contribution in [-0.4, -0.2) is 42.9 Å². The van der Waals surface area contributed by atoms with Crippen LogP contribution in [0.5, 0.6) is 0 Å². The molecule has 0 bridgehead atoms. The predicted molar refractivity (Wildman–Crippen MR) is 137 cm³/mol. The molecule has 2 heterocycles. The molecule has 3 N–H and O–H groups in total. The number of nitrogens with zero attached hydrogens (tertiary/aromatic N) is 1. The van der Waals surface area contributed by atoms with Crippen LogP contribution in [0.25, 0.3) is 22.1 Å². The van der Waals surface area contributed by atoms with Crippen molar-refractivity contribution in [3.8, 4) is 11.1 Å². The number of rotatable bonds is 3. The van der Waals surface area contributed by atoms with Gasteiger partial charge in [0.05, 0.1) is 0 Å². The summed E-state index contributed by atoms with van der Waals surface area (Å²) in [5.74, 6) is -0.143. The van der Waals surface area contributed by atoms with E-state index in [1.165, 1.54) is 20.0 Å². The number of piperidine rings is 1. The van der Waals surface area contributed by atoms with Gasteiger partial charge in [-0.05, 0) is 56.1 Å². The fourth-order valence-electron chi connectivity index (χ4n) is 4.09. The van der Waals surface area contributed by atoms with E-state index in [4.69, 9.17) is 4.42 Å². The molecular formula is C27H35N3O4. The molecule has 7 heteroatoms. The molecule has 0 atom stereocenters. The van der Waals surface area contributed by atoms with Gasteiger partial charge in [0, 0.05) is 48.6 Å². The van der Waals surface area contributed by atoms with Crippen molar-refractivity contribution in [2.75, 3.05) is 20.1 Å². The number of likely N-dealkylation sites (tertiary alicyclic amines) is 1. The van der Waals surface area contributed by atoms with Gasteiger partial charge in [0.25, 0.3) is 5.91 Å². The lowest BCUT2D eigenvalue weighted by Gasteiger charge is -2.32. The zero-order chi connectivity index (χ0) is 25.3. The van der Waals surface area contributed by atoms with Gasteiger partial charge in [0.1, 0.15) is 5.58 Å². The molecule has 34 heavy (non-hydrogen) atoms. The monoisotopic (exact) mass is 465 g/mol. The van der Waals surface area contributed by atoms with Crippen LogP contribution in [-0.2, 0) is 4.79 Å². The van der Waals surface area contributed by atoms with Gasteiger partial charge in [-0.25, -0.2) is 4.79 Å². The summed E-state index contributed by atoms with van der Waals surface area (Å²) in [7, 11) is 1.50.